The maximum Gasteiger partial charge on any atom is 0.269 e. The second-order valence-electron chi connectivity index (χ2n) is 11.1. The van der Waals surface area contributed by atoms with E-state index in [4.69, 9.17) is 11.6 Å². The molecule has 1 aliphatic rings. The Morgan fingerprint density at radius 2 is 1.56 bits per heavy atom. The number of sulfonamides is 1. The van der Waals surface area contributed by atoms with Crippen molar-refractivity contribution in [3.8, 4) is 0 Å². The van der Waals surface area contributed by atoms with Crippen LogP contribution in [-0.2, 0) is 32.6 Å². The first-order valence-corrected chi connectivity index (χ1v) is 15.2. The van der Waals surface area contributed by atoms with Gasteiger partial charge in [0.1, 0.15) is 10.9 Å². The topological polar surface area (TPSA) is 104 Å². The van der Waals surface area contributed by atoms with E-state index >= 15 is 0 Å². The molecule has 0 spiro atoms. The summed E-state index contributed by atoms with van der Waals surface area (Å²) < 4.78 is 26.7. The van der Waals surface area contributed by atoms with Gasteiger partial charge in [-0.15, -0.1) is 0 Å². The number of nitrogens with one attached hydrogen (secondary N) is 1. The highest BCUT2D eigenvalue weighted by molar-refractivity contribution is 7.90. The van der Waals surface area contributed by atoms with Gasteiger partial charge in [-0.05, 0) is 62.6 Å². The normalized spacial score (nSPS) is 14.8. The first-order valence-electron chi connectivity index (χ1n) is 13.4. The van der Waals surface area contributed by atoms with Gasteiger partial charge in [-0.1, -0.05) is 66.2 Å². The van der Waals surface area contributed by atoms with Crippen LogP contribution >= 0.6 is 11.6 Å². The van der Waals surface area contributed by atoms with Crippen LogP contribution in [0, 0.1) is 0 Å². The van der Waals surface area contributed by atoms with E-state index in [1.807, 2.05) is 51.1 Å². The minimum absolute atomic E-state index is 0.0255. The van der Waals surface area contributed by atoms with Crippen LogP contribution < -0.4 is 5.32 Å². The van der Waals surface area contributed by atoms with Crippen molar-refractivity contribution in [3.63, 3.8) is 0 Å². The van der Waals surface area contributed by atoms with Gasteiger partial charge in [0.15, 0.2) is 0 Å². The lowest BCUT2D eigenvalue weighted by molar-refractivity contribution is -0.142. The van der Waals surface area contributed by atoms with Gasteiger partial charge in [-0.2, -0.15) is 0 Å². The Morgan fingerprint density at radius 1 is 0.927 bits per heavy atom. The highest BCUT2D eigenvalue weighted by atomic mass is 35.5. The molecule has 1 N–H and O–H groups in total. The largest absolute Gasteiger partial charge is 0.350 e. The highest BCUT2D eigenvalue weighted by Gasteiger charge is 2.40. The Kier molecular flexibility index (Phi) is 9.19. The van der Waals surface area contributed by atoms with Gasteiger partial charge in [0, 0.05) is 36.5 Å². The van der Waals surface area contributed by atoms with Gasteiger partial charge in [-0.3, -0.25) is 14.4 Å². The number of hydrogen-bond donors (Lipinski definition) is 1. The molecule has 0 saturated heterocycles. The van der Waals surface area contributed by atoms with Crippen LogP contribution in [-0.4, -0.2) is 53.5 Å². The lowest BCUT2D eigenvalue weighted by Gasteiger charge is -2.34. The molecule has 0 bridgehead atoms. The van der Waals surface area contributed by atoms with Crippen molar-refractivity contribution in [1.82, 2.24) is 14.5 Å². The highest BCUT2D eigenvalue weighted by Crippen LogP contribution is 2.30. The van der Waals surface area contributed by atoms with Crippen LogP contribution in [0.4, 0.5) is 0 Å². The third-order valence-electron chi connectivity index (χ3n) is 6.70. The zero-order valence-electron chi connectivity index (χ0n) is 23.3. The Hall–Kier alpha value is -3.69. The van der Waals surface area contributed by atoms with E-state index in [1.165, 1.54) is 17.0 Å². The van der Waals surface area contributed by atoms with E-state index in [0.29, 0.717) is 5.02 Å². The van der Waals surface area contributed by atoms with Crippen molar-refractivity contribution in [3.05, 3.63) is 101 Å². The van der Waals surface area contributed by atoms with E-state index < -0.39 is 27.5 Å². The Balaban J connectivity index is 1.58. The van der Waals surface area contributed by atoms with Gasteiger partial charge in [0.2, 0.25) is 11.8 Å². The van der Waals surface area contributed by atoms with E-state index in [9.17, 15) is 22.8 Å². The first kappa shape index (κ1) is 30.3. The first-order chi connectivity index (χ1) is 19.4. The monoisotopic (exact) mass is 595 g/mol. The maximum atomic E-state index is 13.8. The van der Waals surface area contributed by atoms with Crippen molar-refractivity contribution in [2.45, 2.75) is 63.1 Å². The third-order valence-corrected chi connectivity index (χ3v) is 8.79. The summed E-state index contributed by atoms with van der Waals surface area (Å²) in [6.45, 7) is 5.63. The van der Waals surface area contributed by atoms with Gasteiger partial charge in [0.25, 0.3) is 15.9 Å². The molecule has 3 aromatic carbocycles. The number of hydrogen-bond acceptors (Lipinski definition) is 5. The molecule has 1 atom stereocenters. The molecule has 0 fully saturated rings. The second-order valence-corrected chi connectivity index (χ2v) is 13.3. The molecule has 0 saturated carbocycles. The van der Waals surface area contributed by atoms with Crippen molar-refractivity contribution in [2.75, 3.05) is 6.54 Å². The average Bonchev–Trinajstić information content (AvgIpc) is 3.11. The fourth-order valence-corrected chi connectivity index (χ4v) is 6.50. The molecular weight excluding hydrogens is 562 g/mol. The Morgan fingerprint density at radius 3 is 2.20 bits per heavy atom. The number of rotatable bonds is 10. The van der Waals surface area contributed by atoms with E-state index in [-0.39, 0.29) is 54.6 Å². The van der Waals surface area contributed by atoms with Crippen LogP contribution in [0.15, 0.2) is 83.8 Å². The molecule has 4 rings (SSSR count). The van der Waals surface area contributed by atoms with Gasteiger partial charge >= 0.3 is 0 Å². The predicted octanol–water partition coefficient (Wildman–Crippen LogP) is 4.82. The zero-order chi connectivity index (χ0) is 29.8. The quantitative estimate of drug-likeness (QED) is 0.362. The van der Waals surface area contributed by atoms with Crippen LogP contribution in [0.1, 0.15) is 55.1 Å². The molecule has 41 heavy (non-hydrogen) atoms. The van der Waals surface area contributed by atoms with Crippen molar-refractivity contribution in [1.29, 1.82) is 0 Å². The molecule has 0 aliphatic carbocycles. The molecule has 0 unspecified atom stereocenters. The molecule has 0 radical (unpaired) electrons. The summed E-state index contributed by atoms with van der Waals surface area (Å²) in [4.78, 5) is 41.8. The summed E-state index contributed by atoms with van der Waals surface area (Å²) in [5, 5.41) is 3.56. The van der Waals surface area contributed by atoms with Gasteiger partial charge in [-0.25, -0.2) is 12.7 Å². The van der Waals surface area contributed by atoms with Gasteiger partial charge < -0.3 is 10.2 Å². The summed E-state index contributed by atoms with van der Waals surface area (Å²) in [6, 6.07) is 21.8. The van der Waals surface area contributed by atoms with E-state index in [0.717, 1.165) is 15.4 Å². The SMILES string of the molecule is CC(C)(C)NC(=O)[C@H](Cc1ccccc1)N(Cc1ccc(Cl)cc1)C(=O)CCCN1C(=O)c2ccccc2S1(=O)=O. The molecule has 3 aromatic rings. The number of amides is 3. The summed E-state index contributed by atoms with van der Waals surface area (Å²) in [7, 11) is -3.97. The molecule has 8 nitrogen and oxygen atoms in total. The molecule has 1 heterocycles. The maximum absolute atomic E-state index is 13.8. The van der Waals surface area contributed by atoms with Crippen molar-refractivity contribution < 1.29 is 22.8 Å². The fraction of sp³-hybridized carbons (Fsp3) is 0.323. The molecule has 216 valence electrons. The minimum Gasteiger partial charge on any atom is -0.350 e. The van der Waals surface area contributed by atoms with Crippen LogP contribution in [0.3, 0.4) is 0 Å². The van der Waals surface area contributed by atoms with Crippen LogP contribution in [0.2, 0.25) is 5.02 Å². The summed E-state index contributed by atoms with van der Waals surface area (Å²) in [6.07, 6.45) is 0.335. The lowest BCUT2D eigenvalue weighted by atomic mass is 10.00. The predicted molar refractivity (Wildman–Crippen MR) is 158 cm³/mol. The Labute approximate surface area is 246 Å². The third kappa shape index (κ3) is 7.34. The molecule has 10 heteroatoms. The molecule has 1 aliphatic heterocycles. The molecule has 0 aromatic heterocycles. The fourth-order valence-electron chi connectivity index (χ4n) is 4.76. The minimum atomic E-state index is -3.97. The number of nitrogens with zero attached hydrogens (tertiary/aromatic N) is 2. The van der Waals surface area contributed by atoms with Crippen molar-refractivity contribution in [2.24, 2.45) is 0 Å². The smallest absolute Gasteiger partial charge is 0.269 e. The second kappa shape index (κ2) is 12.4. The van der Waals surface area contributed by atoms with Crippen LogP contribution in [0.25, 0.3) is 0 Å². The lowest BCUT2D eigenvalue weighted by Crippen LogP contribution is -2.54. The van der Waals surface area contributed by atoms with Crippen LogP contribution in [0.5, 0.6) is 0 Å². The van der Waals surface area contributed by atoms with E-state index in [1.54, 1.807) is 36.4 Å². The summed E-state index contributed by atoms with van der Waals surface area (Å²) >= 11 is 6.08. The molecule has 3 amide bonds. The standard InChI is InChI=1S/C31H34ClN3O5S/c1-31(2,3)33-29(37)26(20-22-10-5-4-6-11-22)34(21-23-15-17-24(32)18-16-23)28(36)14-9-19-35-30(38)25-12-7-8-13-27(25)41(35,39)40/h4-8,10-13,15-18,26H,9,14,19-21H2,1-3H3,(H,33,37)/t26-/m0/s1. The number of benzene rings is 3. The van der Waals surface area contributed by atoms with Crippen molar-refractivity contribution >= 4 is 39.3 Å². The van der Waals surface area contributed by atoms with Gasteiger partial charge in [0.05, 0.1) is 5.56 Å². The van der Waals surface area contributed by atoms with E-state index in [2.05, 4.69) is 5.32 Å². The number of fused-ring (bicyclic) bond motifs is 1. The number of carbonyl (C=O) groups is 3. The molecular formula is C31H34ClN3O5S. The summed E-state index contributed by atoms with van der Waals surface area (Å²) in [5.74, 6) is -1.22. The number of halogens is 1. The average molecular weight is 596 g/mol. The Bertz CT molecular complexity index is 1520. The summed E-state index contributed by atoms with van der Waals surface area (Å²) in [5.41, 5.74) is 1.28. The zero-order valence-corrected chi connectivity index (χ0v) is 24.9. The number of carbonyl (C=O) groups excluding carboxylic acids is 3.